The summed E-state index contributed by atoms with van der Waals surface area (Å²) in [7, 11) is 0.463. The van der Waals surface area contributed by atoms with Crippen molar-refractivity contribution in [2.45, 2.75) is 57.7 Å². The average Bonchev–Trinajstić information content (AvgIpc) is 3.57. The lowest BCUT2D eigenvalue weighted by Gasteiger charge is -2.43. The van der Waals surface area contributed by atoms with Crippen LogP contribution in [0.5, 0.6) is 0 Å². The van der Waals surface area contributed by atoms with E-state index in [2.05, 4.69) is 55.3 Å². The Kier molecular flexibility index (Phi) is 13.5. The van der Waals surface area contributed by atoms with Gasteiger partial charge in [0.15, 0.2) is 5.78 Å². The van der Waals surface area contributed by atoms with Crippen LogP contribution in [0.25, 0.3) is 10.2 Å². The second-order valence-electron chi connectivity index (χ2n) is 14.2. The van der Waals surface area contributed by atoms with Crippen LogP contribution in [0.3, 0.4) is 0 Å². The number of carbonyl (C=O) groups excluding carboxylic acids is 3. The third kappa shape index (κ3) is 9.87. The monoisotopic (exact) mass is 764 g/mol. The first kappa shape index (κ1) is 40.0. The largest absolute Gasteiger partial charge is 0.447 e. The maximum Gasteiger partial charge on any atom is 0.407 e. The minimum absolute atomic E-state index is 0.0381. The normalized spacial score (nSPS) is 12.5. The molecule has 0 spiro atoms. The molecule has 5 rings (SSSR count). The van der Waals surface area contributed by atoms with E-state index in [-0.39, 0.29) is 54.9 Å². The Balaban J connectivity index is 1.27. The molecule has 0 radical (unpaired) electrons. The topological polar surface area (TPSA) is 120 Å². The van der Waals surface area contributed by atoms with Crippen molar-refractivity contribution in [2.75, 3.05) is 27.3 Å². The zero-order chi connectivity index (χ0) is 38.7. The fourth-order valence-electron chi connectivity index (χ4n) is 6.47. The Hall–Kier alpha value is -5.17. The third-order valence-corrected chi connectivity index (χ3v) is 15.2. The number of rotatable bonds is 16. The van der Waals surface area contributed by atoms with Crippen LogP contribution in [0.1, 0.15) is 44.2 Å². The Morgan fingerprint density at radius 3 is 2.19 bits per heavy atom. The molecule has 282 valence electrons. The van der Waals surface area contributed by atoms with Crippen molar-refractivity contribution in [3.63, 3.8) is 0 Å². The van der Waals surface area contributed by atoms with Crippen molar-refractivity contribution in [3.05, 3.63) is 136 Å². The molecule has 2 heterocycles. The van der Waals surface area contributed by atoms with E-state index < -0.39 is 20.5 Å². The summed E-state index contributed by atoms with van der Waals surface area (Å²) < 4.78 is 15.0. The smallest absolute Gasteiger partial charge is 0.407 e. The van der Waals surface area contributed by atoms with Gasteiger partial charge in [-0.2, -0.15) is 0 Å². The molecule has 0 fully saturated rings. The molecule has 0 aliphatic rings. The van der Waals surface area contributed by atoms with E-state index in [9.17, 15) is 19.2 Å². The number of alkyl carbamates (subject to hydrolysis) is 1. The number of ether oxygens (including phenoxy) is 1. The lowest BCUT2D eigenvalue weighted by Crippen LogP contribution is -2.66. The summed E-state index contributed by atoms with van der Waals surface area (Å²) in [4.78, 5) is 58.7. The highest BCUT2D eigenvalue weighted by molar-refractivity contribution is 7.18. The van der Waals surface area contributed by atoms with Crippen LogP contribution >= 0.6 is 11.3 Å². The molecule has 0 saturated carbocycles. The van der Waals surface area contributed by atoms with Gasteiger partial charge in [-0.05, 0) is 52.5 Å². The van der Waals surface area contributed by atoms with Crippen molar-refractivity contribution >= 4 is 58.0 Å². The Morgan fingerprint density at radius 1 is 0.907 bits per heavy atom. The zero-order valence-corrected chi connectivity index (χ0v) is 33.3. The molecule has 0 unspecified atom stereocenters. The van der Waals surface area contributed by atoms with Gasteiger partial charge in [0, 0.05) is 32.3 Å². The second kappa shape index (κ2) is 18.2. The number of benzene rings is 3. The minimum atomic E-state index is -2.84. The van der Waals surface area contributed by atoms with E-state index in [1.807, 2.05) is 60.7 Å². The quantitative estimate of drug-likeness (QED) is 0.0777. The first-order chi connectivity index (χ1) is 25.9. The van der Waals surface area contributed by atoms with Gasteiger partial charge in [0.1, 0.15) is 11.6 Å². The number of amides is 2. The fourth-order valence-corrected chi connectivity index (χ4v) is 12.0. The van der Waals surface area contributed by atoms with E-state index >= 15 is 0 Å². The van der Waals surface area contributed by atoms with Gasteiger partial charge in [0.25, 0.3) is 13.9 Å². The molecule has 12 heteroatoms. The molecule has 10 nitrogen and oxygen atoms in total. The molecule has 0 bridgehead atoms. The number of nitrogens with zero attached hydrogens (tertiary/aromatic N) is 3. The minimum Gasteiger partial charge on any atom is -0.447 e. The summed E-state index contributed by atoms with van der Waals surface area (Å²) in [5.41, 5.74) is 0.873. The maximum atomic E-state index is 13.8. The molecule has 1 atom stereocenters. The highest BCUT2D eigenvalue weighted by atomic mass is 32.1. The van der Waals surface area contributed by atoms with E-state index in [0.29, 0.717) is 12.0 Å². The zero-order valence-electron chi connectivity index (χ0n) is 31.5. The lowest BCUT2D eigenvalue weighted by atomic mass is 10.0. The van der Waals surface area contributed by atoms with Crippen LogP contribution in [0.4, 0.5) is 4.79 Å². The van der Waals surface area contributed by atoms with Gasteiger partial charge in [-0.1, -0.05) is 106 Å². The molecule has 2 aromatic heterocycles. The highest BCUT2D eigenvalue weighted by Gasteiger charge is 2.50. The summed E-state index contributed by atoms with van der Waals surface area (Å²) in [6.07, 6.45) is 4.36. The summed E-state index contributed by atoms with van der Waals surface area (Å²) in [6, 6.07) is 30.6. The summed E-state index contributed by atoms with van der Waals surface area (Å²) in [5.74, 6) is -0.540. The van der Waals surface area contributed by atoms with Crippen molar-refractivity contribution in [1.29, 1.82) is 0 Å². The third-order valence-electron chi connectivity index (χ3n) is 9.16. The fraction of sp³-hybridized carbons (Fsp3) is 0.310. The van der Waals surface area contributed by atoms with Crippen LogP contribution in [-0.2, 0) is 31.7 Å². The van der Waals surface area contributed by atoms with E-state index in [4.69, 9.17) is 9.16 Å². The lowest BCUT2D eigenvalue weighted by molar-refractivity contribution is -0.123. The van der Waals surface area contributed by atoms with E-state index in [1.54, 1.807) is 43.1 Å². The summed E-state index contributed by atoms with van der Waals surface area (Å²) in [5, 5.41) is 5.48. The number of allylic oxidation sites excluding steroid dienone is 1. The van der Waals surface area contributed by atoms with Gasteiger partial charge in [-0.15, -0.1) is 11.3 Å². The molecule has 0 saturated heterocycles. The molecule has 2 amide bonds. The number of thiazole rings is 1. The number of nitrogens with one attached hydrogen (secondary N) is 1. The summed E-state index contributed by atoms with van der Waals surface area (Å²) in [6.45, 7) is 6.90. The molecular weight excluding hydrogens is 717 g/mol. The van der Waals surface area contributed by atoms with Crippen LogP contribution < -0.4 is 21.2 Å². The number of hydrogen-bond acceptors (Lipinski definition) is 8. The average molecular weight is 765 g/mol. The Labute approximate surface area is 321 Å². The first-order valence-electron chi connectivity index (χ1n) is 18.0. The van der Waals surface area contributed by atoms with E-state index in [1.165, 1.54) is 22.3 Å². The second-order valence-corrected chi connectivity index (χ2v) is 19.7. The van der Waals surface area contributed by atoms with Crippen LogP contribution in [0.2, 0.25) is 5.04 Å². The van der Waals surface area contributed by atoms with Crippen LogP contribution in [0.15, 0.2) is 120 Å². The maximum absolute atomic E-state index is 13.8. The van der Waals surface area contributed by atoms with Gasteiger partial charge >= 0.3 is 6.09 Å². The van der Waals surface area contributed by atoms with Gasteiger partial charge in [0.2, 0.25) is 5.91 Å². The number of aromatic nitrogens is 2. The Morgan fingerprint density at radius 2 is 1.56 bits per heavy atom. The molecule has 5 aromatic rings. The molecule has 0 aliphatic heterocycles. The molecular formula is C42H48N4O6SSi. The number of pyridine rings is 1. The Bertz CT molecular complexity index is 2050. The molecule has 0 aliphatic carbocycles. The highest BCUT2D eigenvalue weighted by Crippen LogP contribution is 2.36. The predicted molar refractivity (Wildman–Crippen MR) is 217 cm³/mol. The number of fused-ring (bicyclic) bond motifs is 1. The first-order valence-corrected chi connectivity index (χ1v) is 20.7. The van der Waals surface area contributed by atoms with Gasteiger partial charge < -0.3 is 23.9 Å². The predicted octanol–water partition coefficient (Wildman–Crippen LogP) is 5.71. The van der Waals surface area contributed by atoms with Crippen molar-refractivity contribution in [3.8, 4) is 0 Å². The van der Waals surface area contributed by atoms with Crippen molar-refractivity contribution in [1.82, 2.24) is 19.8 Å². The molecule has 3 aromatic carbocycles. The van der Waals surface area contributed by atoms with Gasteiger partial charge in [-0.25, -0.2) is 9.78 Å². The standard InChI is InChI=1S/C42H48N4O6SSi/c1-42(2,3)54(32-18-8-6-9-19-32,33-20-10-7-11-21-33)52-28-27-51-41(50)44-34(22-13-15-25-39(48)45(4)5)36(47)29-31-17-16-26-46(40(31)49)30-38-43-35-23-12-14-24-37(35)53-38/h6-12,14-21,23-26,34H,13,22,27-30H2,1-5H3,(H,44,50)/b25-15+/t34-/m0/s1. The van der Waals surface area contributed by atoms with Gasteiger partial charge in [0.05, 0.1) is 29.4 Å². The number of likely N-dealkylation sites (N-methyl/N-ethyl adjacent to an activating group) is 1. The number of hydrogen-bond donors (Lipinski definition) is 1. The molecule has 1 N–H and O–H groups in total. The van der Waals surface area contributed by atoms with Gasteiger partial charge in [-0.3, -0.25) is 14.4 Å². The molecule has 54 heavy (non-hydrogen) atoms. The van der Waals surface area contributed by atoms with Crippen LogP contribution in [0, 0.1) is 0 Å². The van der Waals surface area contributed by atoms with E-state index in [0.717, 1.165) is 25.6 Å². The number of carbonyl (C=O) groups is 3. The van der Waals surface area contributed by atoms with Crippen molar-refractivity contribution < 1.29 is 23.5 Å². The number of ketones is 1. The van der Waals surface area contributed by atoms with Crippen LogP contribution in [-0.4, -0.2) is 73.9 Å². The summed E-state index contributed by atoms with van der Waals surface area (Å²) >= 11 is 1.52. The number of para-hydroxylation sites is 1. The number of Topliss-reactive ketones (excluding diaryl/α,β-unsaturated/α-hetero) is 1. The van der Waals surface area contributed by atoms with Crippen molar-refractivity contribution in [2.24, 2.45) is 0 Å². The SMILES string of the molecule is CN(C)C(=O)/C=C/CC[C@H](NC(=O)OCCO[Si](c1ccccc1)(c1ccccc1)C(C)(C)C)C(=O)Cc1cccn(Cc2nc3ccccc3s2)c1=O.